The Morgan fingerprint density at radius 1 is 1.07 bits per heavy atom. The average molecular weight is 186 g/mol. The van der Waals surface area contributed by atoms with Crippen LogP contribution in [0.2, 0.25) is 0 Å². The van der Waals surface area contributed by atoms with Crippen LogP contribution in [0.1, 0.15) is 37.8 Å². The predicted molar refractivity (Wildman–Crippen MR) is 62.2 cm³/mol. The smallest absolute Gasteiger partial charge is 0.0222 e. The summed E-state index contributed by atoms with van der Waals surface area (Å²) in [5, 5.41) is 0. The lowest BCUT2D eigenvalue weighted by Crippen LogP contribution is -2.04. The molecule has 0 aromatic heterocycles. The third-order valence-corrected chi connectivity index (χ3v) is 2.99. The molecule has 0 heteroatoms. The molecular weight excluding hydrogens is 168 g/mol. The van der Waals surface area contributed by atoms with Crippen LogP contribution in [-0.4, -0.2) is 0 Å². The first-order valence-corrected chi connectivity index (χ1v) is 5.33. The van der Waals surface area contributed by atoms with Gasteiger partial charge in [-0.15, -0.1) is 0 Å². The highest BCUT2D eigenvalue weighted by atomic mass is 14.3. The van der Waals surface area contributed by atoms with Gasteiger partial charge in [0, 0.05) is 0 Å². The maximum atomic E-state index is 2.39. The molecule has 1 aliphatic carbocycles. The lowest BCUT2D eigenvalue weighted by molar-refractivity contribution is 0.403. The van der Waals surface area contributed by atoms with Crippen LogP contribution in [-0.2, 0) is 0 Å². The molecule has 0 heterocycles. The molecule has 0 saturated carbocycles. The van der Waals surface area contributed by atoms with E-state index in [4.69, 9.17) is 0 Å². The molecule has 2 rings (SSSR count). The monoisotopic (exact) mass is 186 g/mol. The van der Waals surface area contributed by atoms with E-state index in [0.717, 1.165) is 0 Å². The third kappa shape index (κ3) is 1.89. The minimum atomic E-state index is 0.472. The van der Waals surface area contributed by atoms with Crippen LogP contribution in [0.3, 0.4) is 0 Å². The molecule has 0 N–H and O–H groups in total. The van der Waals surface area contributed by atoms with Crippen LogP contribution >= 0.6 is 0 Å². The number of aryl methyl sites for hydroxylation is 1. The topological polar surface area (TPSA) is 0 Å². The van der Waals surface area contributed by atoms with Crippen molar-refractivity contribution in [3.05, 3.63) is 41.5 Å². The van der Waals surface area contributed by atoms with Gasteiger partial charge < -0.3 is 0 Å². The van der Waals surface area contributed by atoms with Crippen LogP contribution < -0.4 is 0 Å². The van der Waals surface area contributed by atoms with Crippen molar-refractivity contribution in [2.75, 3.05) is 0 Å². The predicted octanol–water partition coefficient (Wildman–Crippen LogP) is 4.20. The fraction of sp³-hybridized carbons (Fsp3) is 0.429. The summed E-state index contributed by atoms with van der Waals surface area (Å²) < 4.78 is 0. The zero-order valence-electron chi connectivity index (χ0n) is 9.30. The van der Waals surface area contributed by atoms with Crippen molar-refractivity contribution in [3.8, 4) is 0 Å². The van der Waals surface area contributed by atoms with Crippen LogP contribution in [0, 0.1) is 12.3 Å². The number of hydrogen-bond donors (Lipinski definition) is 0. The SMILES string of the molecule is Cc1ccc(C2=CCC(C)(C)C2)cc1. The van der Waals surface area contributed by atoms with Gasteiger partial charge in [-0.1, -0.05) is 49.8 Å². The summed E-state index contributed by atoms with van der Waals surface area (Å²) in [4.78, 5) is 0. The Morgan fingerprint density at radius 3 is 2.21 bits per heavy atom. The second-order valence-corrected chi connectivity index (χ2v) is 5.14. The van der Waals surface area contributed by atoms with E-state index in [9.17, 15) is 0 Å². The van der Waals surface area contributed by atoms with Gasteiger partial charge in [0.2, 0.25) is 0 Å². The summed E-state index contributed by atoms with van der Waals surface area (Å²) in [5.41, 5.74) is 4.74. The summed E-state index contributed by atoms with van der Waals surface area (Å²) in [6.07, 6.45) is 4.83. The molecule has 0 amide bonds. The molecule has 0 radical (unpaired) electrons. The standard InChI is InChI=1S/C14H18/c1-11-4-6-12(7-5-11)13-8-9-14(2,3)10-13/h4-8H,9-10H2,1-3H3. The van der Waals surface area contributed by atoms with Crippen molar-refractivity contribution < 1.29 is 0 Å². The van der Waals surface area contributed by atoms with Gasteiger partial charge in [0.15, 0.2) is 0 Å². The molecule has 0 saturated heterocycles. The van der Waals surface area contributed by atoms with Crippen molar-refractivity contribution in [1.82, 2.24) is 0 Å². The second kappa shape index (κ2) is 3.27. The van der Waals surface area contributed by atoms with Crippen molar-refractivity contribution in [3.63, 3.8) is 0 Å². The Kier molecular flexibility index (Phi) is 2.22. The highest BCUT2D eigenvalue weighted by Crippen LogP contribution is 2.40. The first-order chi connectivity index (χ1) is 6.57. The zero-order valence-corrected chi connectivity index (χ0v) is 9.30. The number of allylic oxidation sites excluding steroid dienone is 2. The number of benzene rings is 1. The molecule has 14 heavy (non-hydrogen) atoms. The molecule has 0 atom stereocenters. The number of hydrogen-bond acceptors (Lipinski definition) is 0. The van der Waals surface area contributed by atoms with Crippen LogP contribution in [0.25, 0.3) is 5.57 Å². The van der Waals surface area contributed by atoms with Gasteiger partial charge in [0.1, 0.15) is 0 Å². The number of rotatable bonds is 1. The fourth-order valence-corrected chi connectivity index (χ4v) is 2.05. The minimum Gasteiger partial charge on any atom is -0.0802 e. The summed E-state index contributed by atoms with van der Waals surface area (Å²) in [6.45, 7) is 6.81. The van der Waals surface area contributed by atoms with E-state index in [-0.39, 0.29) is 0 Å². The van der Waals surface area contributed by atoms with E-state index in [1.807, 2.05) is 0 Å². The molecule has 1 aromatic rings. The molecule has 1 aromatic carbocycles. The second-order valence-electron chi connectivity index (χ2n) is 5.14. The van der Waals surface area contributed by atoms with E-state index in [2.05, 4.69) is 51.1 Å². The van der Waals surface area contributed by atoms with E-state index in [1.165, 1.54) is 29.5 Å². The van der Waals surface area contributed by atoms with Gasteiger partial charge in [-0.3, -0.25) is 0 Å². The lowest BCUT2D eigenvalue weighted by Gasteiger charge is -2.16. The quantitative estimate of drug-likeness (QED) is 0.616. The molecule has 74 valence electrons. The molecule has 0 nitrogen and oxygen atoms in total. The van der Waals surface area contributed by atoms with Gasteiger partial charge in [-0.25, -0.2) is 0 Å². The van der Waals surface area contributed by atoms with E-state index < -0.39 is 0 Å². The van der Waals surface area contributed by atoms with Gasteiger partial charge in [-0.2, -0.15) is 0 Å². The molecular formula is C14H18. The van der Waals surface area contributed by atoms with Gasteiger partial charge in [0.25, 0.3) is 0 Å². The maximum absolute atomic E-state index is 2.39. The average Bonchev–Trinajstić information content (AvgIpc) is 2.47. The molecule has 0 unspecified atom stereocenters. The van der Waals surface area contributed by atoms with Gasteiger partial charge >= 0.3 is 0 Å². The lowest BCUT2D eigenvalue weighted by atomic mass is 9.88. The first-order valence-electron chi connectivity index (χ1n) is 5.33. The summed E-state index contributed by atoms with van der Waals surface area (Å²) >= 11 is 0. The zero-order chi connectivity index (χ0) is 10.2. The minimum absolute atomic E-state index is 0.472. The summed E-state index contributed by atoms with van der Waals surface area (Å²) in [6, 6.07) is 8.87. The summed E-state index contributed by atoms with van der Waals surface area (Å²) in [7, 11) is 0. The van der Waals surface area contributed by atoms with Crippen LogP contribution in [0.4, 0.5) is 0 Å². The molecule has 0 fully saturated rings. The summed E-state index contributed by atoms with van der Waals surface area (Å²) in [5.74, 6) is 0. The van der Waals surface area contributed by atoms with E-state index in [0.29, 0.717) is 5.41 Å². The molecule has 0 bridgehead atoms. The fourth-order valence-electron chi connectivity index (χ4n) is 2.05. The highest BCUT2D eigenvalue weighted by Gasteiger charge is 2.24. The van der Waals surface area contributed by atoms with Crippen molar-refractivity contribution in [2.24, 2.45) is 5.41 Å². The van der Waals surface area contributed by atoms with Gasteiger partial charge in [0.05, 0.1) is 0 Å². The third-order valence-electron chi connectivity index (χ3n) is 2.99. The normalized spacial score (nSPS) is 19.5. The maximum Gasteiger partial charge on any atom is -0.0222 e. The molecule has 1 aliphatic rings. The van der Waals surface area contributed by atoms with Crippen molar-refractivity contribution >= 4 is 5.57 Å². The first kappa shape index (κ1) is 9.51. The van der Waals surface area contributed by atoms with Crippen LogP contribution in [0.15, 0.2) is 30.3 Å². The van der Waals surface area contributed by atoms with Crippen molar-refractivity contribution in [2.45, 2.75) is 33.6 Å². The van der Waals surface area contributed by atoms with E-state index >= 15 is 0 Å². The highest BCUT2D eigenvalue weighted by molar-refractivity contribution is 5.68. The van der Waals surface area contributed by atoms with Gasteiger partial charge in [-0.05, 0) is 36.3 Å². The Labute approximate surface area is 86.7 Å². The van der Waals surface area contributed by atoms with E-state index in [1.54, 1.807) is 0 Å². The Morgan fingerprint density at radius 2 is 1.71 bits per heavy atom. The Bertz CT molecular complexity index is 352. The molecule has 0 spiro atoms. The van der Waals surface area contributed by atoms with Crippen molar-refractivity contribution in [1.29, 1.82) is 0 Å². The molecule has 0 aliphatic heterocycles. The largest absolute Gasteiger partial charge is 0.0802 e. The van der Waals surface area contributed by atoms with Crippen LogP contribution in [0.5, 0.6) is 0 Å². The Balaban J connectivity index is 2.22. The Hall–Kier alpha value is -1.04.